The van der Waals surface area contributed by atoms with Crippen molar-refractivity contribution in [1.29, 1.82) is 0 Å². The minimum atomic E-state index is -0.510. The molecule has 8 nitrogen and oxygen atoms in total. The van der Waals surface area contributed by atoms with E-state index in [-0.39, 0.29) is 11.8 Å². The molecule has 4 rings (SSSR count). The normalized spacial score (nSPS) is 23.5. The van der Waals surface area contributed by atoms with Crippen LogP contribution in [0.5, 0.6) is 0 Å². The van der Waals surface area contributed by atoms with Gasteiger partial charge in [-0.15, -0.1) is 0 Å². The van der Waals surface area contributed by atoms with Crippen LogP contribution in [0.25, 0.3) is 11.1 Å². The van der Waals surface area contributed by atoms with Gasteiger partial charge in [-0.05, 0) is 70.1 Å². The molecule has 0 bridgehead atoms. The summed E-state index contributed by atoms with van der Waals surface area (Å²) in [6.07, 6.45) is 6.21. The number of piperidine rings is 1. The van der Waals surface area contributed by atoms with Gasteiger partial charge in [-0.1, -0.05) is 11.2 Å². The number of nitrogens with zero attached hydrogens (tertiary/aromatic N) is 1. The number of aromatic nitrogens is 1. The van der Waals surface area contributed by atoms with Crippen LogP contribution in [-0.4, -0.2) is 42.3 Å². The second-order valence-corrected chi connectivity index (χ2v) is 8.81. The van der Waals surface area contributed by atoms with Gasteiger partial charge in [-0.25, -0.2) is 0 Å². The van der Waals surface area contributed by atoms with Crippen LogP contribution in [0.2, 0.25) is 0 Å². The van der Waals surface area contributed by atoms with E-state index in [0.29, 0.717) is 30.7 Å². The fraction of sp³-hybridized carbons (Fsp3) is 0.542. The zero-order valence-electron chi connectivity index (χ0n) is 19.0. The van der Waals surface area contributed by atoms with E-state index in [2.05, 4.69) is 21.1 Å². The Morgan fingerprint density at radius 1 is 1.16 bits per heavy atom. The van der Waals surface area contributed by atoms with Gasteiger partial charge in [0.2, 0.25) is 11.8 Å². The minimum Gasteiger partial charge on any atom is -0.381 e. The summed E-state index contributed by atoms with van der Waals surface area (Å²) in [5.41, 5.74) is 4.23. The molecule has 1 aromatic heterocycles. The standard InChI is InChI=1S/C24H32N4O4/c1-14-23(15(2)32-28-14)16-7-12-19(25-17-8-10-18(31-3)11-9-17)21(13-16)27-24(30)20-5-4-6-22(29)26-20/h7,12-13,17-18,20,25H,4-6,8-11H2,1-3H3,(H,26,29)(H,27,30)/t17-,18-,20-/m0/s1. The fourth-order valence-corrected chi connectivity index (χ4v) is 4.71. The Kier molecular flexibility index (Phi) is 6.79. The predicted molar refractivity (Wildman–Crippen MR) is 123 cm³/mol. The molecule has 1 saturated carbocycles. The molecule has 0 spiro atoms. The molecule has 1 aliphatic carbocycles. The second kappa shape index (κ2) is 9.73. The lowest BCUT2D eigenvalue weighted by atomic mass is 9.92. The highest BCUT2D eigenvalue weighted by atomic mass is 16.5. The maximum absolute atomic E-state index is 13.0. The summed E-state index contributed by atoms with van der Waals surface area (Å²) < 4.78 is 10.8. The van der Waals surface area contributed by atoms with E-state index < -0.39 is 6.04 Å². The predicted octanol–water partition coefficient (Wildman–Crippen LogP) is 3.94. The summed E-state index contributed by atoms with van der Waals surface area (Å²) in [7, 11) is 1.77. The number of hydrogen-bond donors (Lipinski definition) is 3. The molecule has 1 aromatic carbocycles. The number of methoxy groups -OCH3 is 1. The molecule has 0 radical (unpaired) electrons. The van der Waals surface area contributed by atoms with Gasteiger partial charge in [0, 0.05) is 25.1 Å². The summed E-state index contributed by atoms with van der Waals surface area (Å²) in [5.74, 6) is 0.465. The number of carbonyl (C=O) groups is 2. The average molecular weight is 441 g/mol. The Labute approximate surface area is 188 Å². The number of anilines is 2. The van der Waals surface area contributed by atoms with Crippen molar-refractivity contribution >= 4 is 23.2 Å². The molecule has 2 fully saturated rings. The summed E-state index contributed by atoms with van der Waals surface area (Å²) in [6, 6.07) is 5.78. The Morgan fingerprint density at radius 2 is 1.94 bits per heavy atom. The van der Waals surface area contributed by atoms with Crippen molar-refractivity contribution in [2.45, 2.75) is 77.0 Å². The van der Waals surface area contributed by atoms with Gasteiger partial charge in [-0.3, -0.25) is 9.59 Å². The fourth-order valence-electron chi connectivity index (χ4n) is 4.71. The largest absolute Gasteiger partial charge is 0.381 e. The smallest absolute Gasteiger partial charge is 0.247 e. The molecule has 1 saturated heterocycles. The van der Waals surface area contributed by atoms with E-state index in [9.17, 15) is 9.59 Å². The van der Waals surface area contributed by atoms with Crippen molar-refractivity contribution in [3.05, 3.63) is 29.7 Å². The highest BCUT2D eigenvalue weighted by molar-refractivity contribution is 6.00. The first-order valence-electron chi connectivity index (χ1n) is 11.4. The molecule has 8 heteroatoms. The topological polar surface area (TPSA) is 105 Å². The van der Waals surface area contributed by atoms with Crippen LogP contribution in [0.15, 0.2) is 22.7 Å². The van der Waals surface area contributed by atoms with E-state index in [0.717, 1.165) is 60.4 Å². The van der Waals surface area contributed by atoms with Gasteiger partial charge in [0.05, 0.1) is 23.2 Å². The molecule has 2 aromatic rings. The Balaban J connectivity index is 1.58. The first-order chi connectivity index (χ1) is 15.4. The van der Waals surface area contributed by atoms with Crippen molar-refractivity contribution in [3.63, 3.8) is 0 Å². The molecule has 2 aliphatic rings. The third-order valence-corrected chi connectivity index (χ3v) is 6.51. The lowest BCUT2D eigenvalue weighted by Crippen LogP contribution is -2.46. The van der Waals surface area contributed by atoms with Crippen LogP contribution in [0.3, 0.4) is 0 Å². The number of hydrogen-bond acceptors (Lipinski definition) is 6. The number of ether oxygens (including phenoxy) is 1. The summed E-state index contributed by atoms with van der Waals surface area (Å²) >= 11 is 0. The van der Waals surface area contributed by atoms with E-state index in [1.807, 2.05) is 32.0 Å². The van der Waals surface area contributed by atoms with Crippen molar-refractivity contribution in [2.24, 2.45) is 0 Å². The zero-order chi connectivity index (χ0) is 22.7. The van der Waals surface area contributed by atoms with Crippen LogP contribution < -0.4 is 16.0 Å². The third kappa shape index (κ3) is 4.96. The number of nitrogens with one attached hydrogen (secondary N) is 3. The van der Waals surface area contributed by atoms with Crippen LogP contribution in [0, 0.1) is 13.8 Å². The van der Waals surface area contributed by atoms with Gasteiger partial charge in [0.25, 0.3) is 0 Å². The molecule has 3 N–H and O–H groups in total. The van der Waals surface area contributed by atoms with Crippen molar-refractivity contribution in [2.75, 3.05) is 17.7 Å². The summed E-state index contributed by atoms with van der Waals surface area (Å²) in [6.45, 7) is 3.79. The minimum absolute atomic E-state index is 0.0749. The second-order valence-electron chi connectivity index (χ2n) is 8.81. The average Bonchev–Trinajstić information content (AvgIpc) is 3.13. The van der Waals surface area contributed by atoms with Gasteiger partial charge >= 0.3 is 0 Å². The Bertz CT molecular complexity index is 959. The summed E-state index contributed by atoms with van der Waals surface area (Å²) in [5, 5.41) is 13.5. The number of benzene rings is 1. The maximum atomic E-state index is 13.0. The Hall–Kier alpha value is -2.87. The highest BCUT2D eigenvalue weighted by Gasteiger charge is 2.26. The number of carbonyl (C=O) groups excluding carboxylic acids is 2. The van der Waals surface area contributed by atoms with Crippen molar-refractivity contribution in [1.82, 2.24) is 10.5 Å². The molecular formula is C24H32N4O4. The van der Waals surface area contributed by atoms with E-state index in [1.165, 1.54) is 0 Å². The first kappa shape index (κ1) is 22.3. The quantitative estimate of drug-likeness (QED) is 0.628. The van der Waals surface area contributed by atoms with Crippen LogP contribution in [0.4, 0.5) is 11.4 Å². The Morgan fingerprint density at radius 3 is 2.59 bits per heavy atom. The van der Waals surface area contributed by atoms with E-state index in [1.54, 1.807) is 7.11 Å². The lowest BCUT2D eigenvalue weighted by Gasteiger charge is -2.30. The van der Waals surface area contributed by atoms with Crippen molar-refractivity contribution < 1.29 is 18.8 Å². The molecule has 2 amide bonds. The molecule has 0 unspecified atom stereocenters. The van der Waals surface area contributed by atoms with E-state index in [4.69, 9.17) is 9.26 Å². The molecular weight excluding hydrogens is 408 g/mol. The maximum Gasteiger partial charge on any atom is 0.247 e. The molecule has 1 aliphatic heterocycles. The first-order valence-corrected chi connectivity index (χ1v) is 11.4. The molecule has 32 heavy (non-hydrogen) atoms. The molecule has 2 heterocycles. The van der Waals surface area contributed by atoms with E-state index >= 15 is 0 Å². The van der Waals surface area contributed by atoms with Crippen LogP contribution in [-0.2, 0) is 14.3 Å². The molecule has 1 atom stereocenters. The van der Waals surface area contributed by atoms with Gasteiger partial charge in [0.1, 0.15) is 11.8 Å². The monoisotopic (exact) mass is 440 g/mol. The van der Waals surface area contributed by atoms with Gasteiger partial charge in [0.15, 0.2) is 0 Å². The van der Waals surface area contributed by atoms with Crippen molar-refractivity contribution in [3.8, 4) is 11.1 Å². The van der Waals surface area contributed by atoms with Gasteiger partial charge < -0.3 is 25.2 Å². The van der Waals surface area contributed by atoms with Crippen LogP contribution in [0.1, 0.15) is 56.4 Å². The highest BCUT2D eigenvalue weighted by Crippen LogP contribution is 2.34. The van der Waals surface area contributed by atoms with Crippen LogP contribution >= 0.6 is 0 Å². The molecule has 172 valence electrons. The summed E-state index contributed by atoms with van der Waals surface area (Å²) in [4.78, 5) is 24.7. The van der Waals surface area contributed by atoms with Gasteiger partial charge in [-0.2, -0.15) is 0 Å². The lowest BCUT2D eigenvalue weighted by molar-refractivity contribution is -0.128. The number of aryl methyl sites for hydroxylation is 2. The SMILES string of the molecule is CO[C@H]1CC[C@H](Nc2ccc(-c3c(C)noc3C)cc2NC(=O)[C@@H]2CCCC(=O)N2)CC1. The third-order valence-electron chi connectivity index (χ3n) is 6.51. The number of amides is 2. The zero-order valence-corrected chi connectivity index (χ0v) is 19.0. The number of rotatable bonds is 6.